The number of aliphatic imine (C=N–C) groups is 1. The predicted molar refractivity (Wildman–Crippen MR) is 114 cm³/mol. The maximum Gasteiger partial charge on any atom is 0.192 e. The van der Waals surface area contributed by atoms with Crippen LogP contribution in [0.15, 0.2) is 4.99 Å². The van der Waals surface area contributed by atoms with E-state index in [1.54, 1.807) is 0 Å². The fourth-order valence-corrected chi connectivity index (χ4v) is 3.92. The summed E-state index contributed by atoms with van der Waals surface area (Å²) in [6, 6.07) is 0. The molecule has 1 unspecified atom stereocenters. The van der Waals surface area contributed by atoms with Crippen molar-refractivity contribution in [3.8, 4) is 0 Å². The summed E-state index contributed by atoms with van der Waals surface area (Å²) in [5.74, 6) is -3.19. The summed E-state index contributed by atoms with van der Waals surface area (Å²) in [6.07, 6.45) is 1.99. The molecule has 0 saturated heterocycles. The van der Waals surface area contributed by atoms with Crippen molar-refractivity contribution in [2.24, 2.45) is 34.6 Å². The van der Waals surface area contributed by atoms with Gasteiger partial charge in [-0.05, 0) is 37.0 Å². The van der Waals surface area contributed by atoms with Crippen LogP contribution in [-0.4, -0.2) is 52.0 Å². The first-order valence-electron chi connectivity index (χ1n) is 10.9. The second-order valence-corrected chi connectivity index (χ2v) is 9.54. The van der Waals surface area contributed by atoms with Crippen LogP contribution in [0.2, 0.25) is 0 Å². The van der Waals surface area contributed by atoms with Gasteiger partial charge in [0.1, 0.15) is 5.92 Å². The second kappa shape index (κ2) is 11.1. The fourth-order valence-electron chi connectivity index (χ4n) is 3.92. The van der Waals surface area contributed by atoms with Gasteiger partial charge in [0.15, 0.2) is 23.0 Å². The molecule has 0 amide bonds. The number of Topliss-reactive ketones (excluding diaryl/α,β-unsaturated/α-hetero) is 3. The van der Waals surface area contributed by atoms with Gasteiger partial charge in [0.25, 0.3) is 0 Å². The predicted octanol–water partition coefficient (Wildman–Crippen LogP) is 3.02. The molecule has 6 nitrogen and oxygen atoms in total. The van der Waals surface area contributed by atoms with Crippen molar-refractivity contribution in [2.75, 3.05) is 13.2 Å². The molecule has 3 atom stereocenters. The smallest absolute Gasteiger partial charge is 0.192 e. The Hall–Kier alpha value is -1.40. The third-order valence-corrected chi connectivity index (χ3v) is 5.54. The van der Waals surface area contributed by atoms with E-state index in [4.69, 9.17) is 5.11 Å². The average Bonchev–Trinajstić information content (AvgIpc) is 2.81. The number of rotatable bonds is 12. The lowest BCUT2D eigenvalue weighted by molar-refractivity contribution is -0.154. The molecule has 0 heterocycles. The zero-order chi connectivity index (χ0) is 22.4. The summed E-state index contributed by atoms with van der Waals surface area (Å²) in [7, 11) is 0. The molecule has 0 radical (unpaired) electrons. The first-order chi connectivity index (χ1) is 13.5. The van der Waals surface area contributed by atoms with Gasteiger partial charge in [-0.3, -0.25) is 19.4 Å². The Kier molecular flexibility index (Phi) is 9.83. The molecule has 0 spiro atoms. The van der Waals surface area contributed by atoms with E-state index in [9.17, 15) is 19.5 Å². The molecule has 0 aromatic carbocycles. The number of aliphatic hydroxyl groups excluding tert-OH is 1. The van der Waals surface area contributed by atoms with E-state index in [2.05, 4.69) is 4.99 Å². The molecule has 1 aliphatic carbocycles. The molecule has 2 N–H and O–H groups in total. The minimum Gasteiger partial charge on any atom is -0.394 e. The SMILES string of the molecule is CC(C)CCC(=O)[C@@]1(O)C(=O)C(C(CC(C)C)=NCCO)C(=O)[C@@H]1CCC(C)C. The van der Waals surface area contributed by atoms with E-state index in [0.717, 1.165) is 0 Å². The van der Waals surface area contributed by atoms with Crippen LogP contribution in [0.4, 0.5) is 0 Å². The topological polar surface area (TPSA) is 104 Å². The summed E-state index contributed by atoms with van der Waals surface area (Å²) in [5.41, 5.74) is -1.88. The third-order valence-electron chi connectivity index (χ3n) is 5.54. The van der Waals surface area contributed by atoms with Crippen LogP contribution < -0.4 is 0 Å². The van der Waals surface area contributed by atoms with Crippen LogP contribution in [0.25, 0.3) is 0 Å². The Morgan fingerprint density at radius 2 is 1.62 bits per heavy atom. The van der Waals surface area contributed by atoms with E-state index in [1.807, 2.05) is 41.5 Å². The minimum absolute atomic E-state index is 0.0748. The van der Waals surface area contributed by atoms with Crippen LogP contribution in [0.5, 0.6) is 0 Å². The van der Waals surface area contributed by atoms with E-state index in [-0.39, 0.29) is 37.3 Å². The Balaban J connectivity index is 3.35. The van der Waals surface area contributed by atoms with Crippen molar-refractivity contribution in [1.29, 1.82) is 0 Å². The number of hydrogen-bond acceptors (Lipinski definition) is 6. The lowest BCUT2D eigenvalue weighted by Gasteiger charge is -2.26. The molecule has 1 saturated carbocycles. The summed E-state index contributed by atoms with van der Waals surface area (Å²) >= 11 is 0. The highest BCUT2D eigenvalue weighted by atomic mass is 16.3. The number of hydrogen-bond donors (Lipinski definition) is 2. The Morgan fingerprint density at radius 1 is 1.03 bits per heavy atom. The summed E-state index contributed by atoms with van der Waals surface area (Å²) < 4.78 is 0. The zero-order valence-corrected chi connectivity index (χ0v) is 18.9. The van der Waals surface area contributed by atoms with Gasteiger partial charge in [0.05, 0.1) is 19.1 Å². The van der Waals surface area contributed by atoms with Crippen LogP contribution in [0.1, 0.15) is 73.6 Å². The number of ketones is 3. The monoisotopic (exact) mass is 409 g/mol. The quantitative estimate of drug-likeness (QED) is 0.381. The molecule has 0 aromatic heterocycles. The number of carbonyl (C=O) groups excluding carboxylic acids is 3. The molecular formula is C23H39NO5. The van der Waals surface area contributed by atoms with E-state index in [0.29, 0.717) is 31.4 Å². The van der Waals surface area contributed by atoms with E-state index >= 15 is 0 Å². The molecule has 166 valence electrons. The molecule has 0 aromatic rings. The van der Waals surface area contributed by atoms with Crippen molar-refractivity contribution < 1.29 is 24.6 Å². The van der Waals surface area contributed by atoms with Crippen LogP contribution >= 0.6 is 0 Å². The standard InChI is InChI=1S/C23H39NO5/c1-14(2)7-9-17-21(27)20(18(13-16(5)6)24-11-12-25)22(28)23(17,29)19(26)10-8-15(3)4/h14-17,20,25,29H,7-13H2,1-6H3/t17-,20?,23+/m0/s1. The molecule has 1 rings (SSSR count). The summed E-state index contributed by atoms with van der Waals surface area (Å²) in [5, 5.41) is 20.5. The Labute approximate surface area is 175 Å². The zero-order valence-electron chi connectivity index (χ0n) is 18.9. The van der Waals surface area contributed by atoms with Gasteiger partial charge < -0.3 is 10.2 Å². The Morgan fingerprint density at radius 3 is 2.10 bits per heavy atom. The van der Waals surface area contributed by atoms with Crippen LogP contribution in [0, 0.1) is 29.6 Å². The molecule has 1 aliphatic rings. The largest absolute Gasteiger partial charge is 0.394 e. The maximum absolute atomic E-state index is 13.3. The summed E-state index contributed by atoms with van der Waals surface area (Å²) in [4.78, 5) is 43.9. The minimum atomic E-state index is -2.26. The molecule has 1 fully saturated rings. The normalized spacial score (nSPS) is 25.7. The highest BCUT2D eigenvalue weighted by Crippen LogP contribution is 2.40. The second-order valence-electron chi connectivity index (χ2n) is 9.54. The van der Waals surface area contributed by atoms with E-state index < -0.39 is 34.8 Å². The third kappa shape index (κ3) is 6.29. The van der Waals surface area contributed by atoms with Gasteiger partial charge in [-0.25, -0.2) is 0 Å². The van der Waals surface area contributed by atoms with Crippen molar-refractivity contribution in [3.63, 3.8) is 0 Å². The molecule has 0 aliphatic heterocycles. The highest BCUT2D eigenvalue weighted by Gasteiger charge is 2.63. The fraction of sp³-hybridized carbons (Fsp3) is 0.826. The lowest BCUT2D eigenvalue weighted by Crippen LogP contribution is -2.50. The molecule has 29 heavy (non-hydrogen) atoms. The van der Waals surface area contributed by atoms with Gasteiger partial charge >= 0.3 is 0 Å². The van der Waals surface area contributed by atoms with Gasteiger partial charge in [0, 0.05) is 12.1 Å². The van der Waals surface area contributed by atoms with Crippen molar-refractivity contribution in [2.45, 2.75) is 79.2 Å². The first kappa shape index (κ1) is 25.6. The van der Waals surface area contributed by atoms with Crippen LogP contribution in [0.3, 0.4) is 0 Å². The summed E-state index contributed by atoms with van der Waals surface area (Å²) in [6.45, 7) is 11.8. The number of nitrogens with zero attached hydrogens (tertiary/aromatic N) is 1. The molecule has 6 heteroatoms. The Bertz CT molecular complexity index is 623. The lowest BCUT2D eigenvalue weighted by atomic mass is 9.79. The maximum atomic E-state index is 13.3. The highest BCUT2D eigenvalue weighted by molar-refractivity contribution is 6.34. The van der Waals surface area contributed by atoms with Crippen molar-refractivity contribution in [1.82, 2.24) is 0 Å². The molecule has 0 bridgehead atoms. The van der Waals surface area contributed by atoms with Gasteiger partial charge in [-0.2, -0.15) is 0 Å². The first-order valence-corrected chi connectivity index (χ1v) is 10.9. The van der Waals surface area contributed by atoms with Gasteiger partial charge in [-0.1, -0.05) is 48.0 Å². The molecular weight excluding hydrogens is 370 g/mol. The van der Waals surface area contributed by atoms with Gasteiger partial charge in [0.2, 0.25) is 0 Å². The number of carbonyl (C=O) groups is 3. The van der Waals surface area contributed by atoms with Crippen molar-refractivity contribution >= 4 is 23.1 Å². The van der Waals surface area contributed by atoms with Crippen LogP contribution in [-0.2, 0) is 14.4 Å². The average molecular weight is 410 g/mol. The van der Waals surface area contributed by atoms with Gasteiger partial charge in [-0.15, -0.1) is 0 Å². The van der Waals surface area contributed by atoms with E-state index in [1.165, 1.54) is 0 Å². The number of aliphatic hydroxyl groups is 2. The van der Waals surface area contributed by atoms with Crippen molar-refractivity contribution in [3.05, 3.63) is 0 Å².